The summed E-state index contributed by atoms with van der Waals surface area (Å²) in [6.07, 6.45) is 3.05. The lowest BCUT2D eigenvalue weighted by atomic mass is 10.1. The van der Waals surface area contributed by atoms with Crippen LogP contribution in [-0.2, 0) is 4.79 Å². The molecule has 2 N–H and O–H groups in total. The number of para-hydroxylation sites is 2. The van der Waals surface area contributed by atoms with Crippen molar-refractivity contribution in [3.63, 3.8) is 0 Å². The second kappa shape index (κ2) is 9.45. The average Bonchev–Trinajstić information content (AvgIpc) is 2.73. The first-order valence-electron chi connectivity index (χ1n) is 8.73. The van der Waals surface area contributed by atoms with Crippen LogP contribution in [0.25, 0.3) is 6.08 Å². The van der Waals surface area contributed by atoms with E-state index in [1.165, 1.54) is 6.08 Å². The van der Waals surface area contributed by atoms with E-state index in [-0.39, 0.29) is 0 Å². The third-order valence-corrected chi connectivity index (χ3v) is 5.49. The summed E-state index contributed by atoms with van der Waals surface area (Å²) in [6.45, 7) is 3.61. The Morgan fingerprint density at radius 1 is 1.11 bits per heavy atom. The Morgan fingerprint density at radius 3 is 2.56 bits per heavy atom. The summed E-state index contributed by atoms with van der Waals surface area (Å²) in [4.78, 5) is 14.7. The van der Waals surface area contributed by atoms with Gasteiger partial charge in [0.25, 0.3) is 5.91 Å². The van der Waals surface area contributed by atoms with Crippen molar-refractivity contribution in [1.82, 2.24) is 9.79 Å². The molecule has 7 heteroatoms. The minimum atomic E-state index is -0.539. The molecule has 1 heterocycles. The number of nitrogens with zero attached hydrogens (tertiary/aromatic N) is 2. The molecule has 0 bridgehead atoms. The molecule has 142 valence electrons. The third-order valence-electron chi connectivity index (χ3n) is 4.34. The summed E-state index contributed by atoms with van der Waals surface area (Å²) in [6, 6.07) is 16.0. The van der Waals surface area contributed by atoms with Crippen molar-refractivity contribution in [1.29, 1.82) is 0 Å². The second-order valence-electron chi connectivity index (χ2n) is 6.03. The lowest BCUT2D eigenvalue weighted by Gasteiger charge is -2.36. The van der Waals surface area contributed by atoms with Gasteiger partial charge >= 0.3 is 0 Å². The van der Waals surface area contributed by atoms with Crippen LogP contribution < -0.4 is 15.1 Å². The SMILES string of the molecule is COc1ccccc1SN1CCN(c2ccccc2/C=C/C(=O)NO)CC1. The molecule has 1 amide bonds. The summed E-state index contributed by atoms with van der Waals surface area (Å²) in [5, 5.41) is 8.64. The van der Waals surface area contributed by atoms with Crippen LogP contribution in [0.2, 0.25) is 0 Å². The molecule has 2 aromatic carbocycles. The van der Waals surface area contributed by atoms with E-state index in [9.17, 15) is 4.79 Å². The number of carbonyl (C=O) groups is 1. The van der Waals surface area contributed by atoms with Gasteiger partial charge in [0, 0.05) is 37.9 Å². The first-order chi connectivity index (χ1) is 13.2. The summed E-state index contributed by atoms with van der Waals surface area (Å²) < 4.78 is 7.77. The van der Waals surface area contributed by atoms with Crippen molar-refractivity contribution in [3.8, 4) is 5.75 Å². The summed E-state index contributed by atoms with van der Waals surface area (Å²) >= 11 is 1.72. The van der Waals surface area contributed by atoms with E-state index >= 15 is 0 Å². The van der Waals surface area contributed by atoms with Crippen LogP contribution in [-0.4, -0.2) is 48.7 Å². The first kappa shape index (κ1) is 19.3. The van der Waals surface area contributed by atoms with Crippen molar-refractivity contribution in [2.24, 2.45) is 0 Å². The van der Waals surface area contributed by atoms with Gasteiger partial charge in [0.05, 0.1) is 12.0 Å². The first-order valence-corrected chi connectivity index (χ1v) is 9.50. The maximum atomic E-state index is 11.3. The number of hydrogen-bond acceptors (Lipinski definition) is 6. The van der Waals surface area contributed by atoms with Crippen LogP contribution in [0.15, 0.2) is 59.5 Å². The van der Waals surface area contributed by atoms with Gasteiger partial charge in [-0.25, -0.2) is 9.79 Å². The van der Waals surface area contributed by atoms with Crippen molar-refractivity contribution in [3.05, 3.63) is 60.2 Å². The summed E-state index contributed by atoms with van der Waals surface area (Å²) in [7, 11) is 1.69. The number of anilines is 1. The molecular formula is C20H23N3O3S. The number of piperazine rings is 1. The van der Waals surface area contributed by atoms with Crippen LogP contribution in [0, 0.1) is 0 Å². The van der Waals surface area contributed by atoms with Crippen LogP contribution in [0.1, 0.15) is 5.56 Å². The maximum Gasteiger partial charge on any atom is 0.267 e. The van der Waals surface area contributed by atoms with Crippen LogP contribution >= 0.6 is 11.9 Å². The van der Waals surface area contributed by atoms with Gasteiger partial charge in [-0.05, 0) is 41.8 Å². The van der Waals surface area contributed by atoms with E-state index in [0.717, 1.165) is 48.1 Å². The highest BCUT2D eigenvalue weighted by atomic mass is 32.2. The zero-order valence-corrected chi connectivity index (χ0v) is 16.0. The predicted molar refractivity (Wildman–Crippen MR) is 108 cm³/mol. The minimum Gasteiger partial charge on any atom is -0.496 e. The number of hydrogen-bond donors (Lipinski definition) is 2. The van der Waals surface area contributed by atoms with Gasteiger partial charge in [-0.15, -0.1) is 0 Å². The lowest BCUT2D eigenvalue weighted by molar-refractivity contribution is -0.124. The molecule has 2 aromatic rings. The van der Waals surface area contributed by atoms with E-state index in [2.05, 4.69) is 21.3 Å². The molecule has 0 saturated carbocycles. The molecule has 6 nitrogen and oxygen atoms in total. The Hall–Kier alpha value is -2.48. The third kappa shape index (κ3) is 5.03. The minimum absolute atomic E-state index is 0.539. The van der Waals surface area contributed by atoms with Gasteiger partial charge in [0.15, 0.2) is 0 Å². The fourth-order valence-corrected chi connectivity index (χ4v) is 3.98. The molecule has 1 aliphatic rings. The van der Waals surface area contributed by atoms with Crippen LogP contribution in [0.3, 0.4) is 0 Å². The zero-order chi connectivity index (χ0) is 19.1. The highest BCUT2D eigenvalue weighted by molar-refractivity contribution is 7.97. The largest absolute Gasteiger partial charge is 0.496 e. The number of nitrogens with one attached hydrogen (secondary N) is 1. The number of carbonyl (C=O) groups excluding carboxylic acids is 1. The van der Waals surface area contributed by atoms with E-state index in [0.29, 0.717) is 0 Å². The number of rotatable bonds is 6. The topological polar surface area (TPSA) is 65.0 Å². The number of hydroxylamine groups is 1. The molecule has 1 saturated heterocycles. The smallest absolute Gasteiger partial charge is 0.267 e. The number of ether oxygens (including phenoxy) is 1. The molecule has 0 aliphatic carbocycles. The van der Waals surface area contributed by atoms with Crippen LogP contribution in [0.4, 0.5) is 5.69 Å². The molecule has 0 atom stereocenters. The fraction of sp³-hybridized carbons (Fsp3) is 0.250. The quantitative estimate of drug-likeness (QED) is 0.345. The van der Waals surface area contributed by atoms with E-state index < -0.39 is 5.91 Å². The highest BCUT2D eigenvalue weighted by Gasteiger charge is 2.20. The average molecular weight is 385 g/mol. The van der Waals surface area contributed by atoms with E-state index in [1.54, 1.807) is 30.6 Å². The standard InChI is InChI=1S/C20H23N3O3S/c1-26-18-8-4-5-9-19(18)27-23-14-12-22(13-15-23)17-7-3-2-6-16(17)10-11-20(24)21-25/h2-11,25H,12-15H2,1H3,(H,21,24)/b11-10+. The molecule has 0 aromatic heterocycles. The molecule has 0 spiro atoms. The van der Waals surface area contributed by atoms with Gasteiger partial charge in [-0.1, -0.05) is 30.3 Å². The van der Waals surface area contributed by atoms with Crippen molar-refractivity contribution < 1.29 is 14.7 Å². The second-order valence-corrected chi connectivity index (χ2v) is 7.17. The molecule has 0 unspecified atom stereocenters. The molecule has 0 radical (unpaired) electrons. The normalized spacial score (nSPS) is 15.1. The highest BCUT2D eigenvalue weighted by Crippen LogP contribution is 2.33. The zero-order valence-electron chi connectivity index (χ0n) is 15.2. The van der Waals surface area contributed by atoms with Crippen molar-refractivity contribution in [2.45, 2.75) is 4.90 Å². The Morgan fingerprint density at radius 2 is 1.81 bits per heavy atom. The summed E-state index contributed by atoms with van der Waals surface area (Å²) in [5.74, 6) is 0.352. The van der Waals surface area contributed by atoms with Gasteiger partial charge in [-0.3, -0.25) is 10.0 Å². The molecule has 3 rings (SSSR count). The number of benzene rings is 2. The monoisotopic (exact) mass is 385 g/mol. The Labute approximate surface area is 163 Å². The van der Waals surface area contributed by atoms with Gasteiger partial charge in [-0.2, -0.15) is 0 Å². The van der Waals surface area contributed by atoms with Crippen LogP contribution in [0.5, 0.6) is 5.75 Å². The molecular weight excluding hydrogens is 362 g/mol. The van der Waals surface area contributed by atoms with E-state index in [4.69, 9.17) is 9.94 Å². The molecule has 1 fully saturated rings. The molecule has 27 heavy (non-hydrogen) atoms. The van der Waals surface area contributed by atoms with Crippen molar-refractivity contribution in [2.75, 3.05) is 38.2 Å². The van der Waals surface area contributed by atoms with Gasteiger partial charge < -0.3 is 9.64 Å². The Balaban J connectivity index is 1.64. The van der Waals surface area contributed by atoms with Crippen molar-refractivity contribution >= 4 is 29.6 Å². The number of methoxy groups -OCH3 is 1. The Bertz CT molecular complexity index is 805. The van der Waals surface area contributed by atoms with Gasteiger partial charge in [0.2, 0.25) is 0 Å². The molecule has 1 aliphatic heterocycles. The fourth-order valence-electron chi connectivity index (χ4n) is 2.97. The van der Waals surface area contributed by atoms with E-state index in [1.807, 2.05) is 36.4 Å². The Kier molecular flexibility index (Phi) is 6.75. The maximum absolute atomic E-state index is 11.3. The summed E-state index contributed by atoms with van der Waals surface area (Å²) in [5.41, 5.74) is 3.65. The lowest BCUT2D eigenvalue weighted by Crippen LogP contribution is -2.43. The predicted octanol–water partition coefficient (Wildman–Crippen LogP) is 3.04. The van der Waals surface area contributed by atoms with Gasteiger partial charge in [0.1, 0.15) is 5.75 Å². The number of amides is 1.